The molecular formula is C8H14N2O9P2. The maximum absolute atomic E-state index is 11.3. The van der Waals surface area contributed by atoms with Gasteiger partial charge in [-0.3, -0.25) is 18.6 Å². The lowest BCUT2D eigenvalue weighted by molar-refractivity contribution is -0.118. The van der Waals surface area contributed by atoms with Gasteiger partial charge in [0.15, 0.2) is 0 Å². The standard InChI is InChI=1S/C8H14N2O9P2/c1-3-7(11)9-5-17-20(13,14)19-21(15,16)18-6-10-8(12)4-2/h3-4H,1-2,5-6H2,(H,9,11)(H,10,12)(H,13,14)(H,15,16). The fourth-order valence-electron chi connectivity index (χ4n) is 0.692. The number of hydrogen-bond donors (Lipinski definition) is 4. The van der Waals surface area contributed by atoms with Crippen LogP contribution in [0.1, 0.15) is 0 Å². The van der Waals surface area contributed by atoms with Gasteiger partial charge in [-0.2, -0.15) is 4.31 Å². The minimum Gasteiger partial charge on any atom is -0.329 e. The fraction of sp³-hybridized carbons (Fsp3) is 0.250. The van der Waals surface area contributed by atoms with Crippen molar-refractivity contribution in [1.29, 1.82) is 0 Å². The Labute approximate surface area is 119 Å². The Morgan fingerprint density at radius 2 is 1.29 bits per heavy atom. The van der Waals surface area contributed by atoms with Crippen molar-refractivity contribution in [2.24, 2.45) is 0 Å². The lowest BCUT2D eigenvalue weighted by Gasteiger charge is -2.16. The number of nitrogens with one attached hydrogen (secondary N) is 2. The Balaban J connectivity index is 4.27. The molecule has 0 aliphatic heterocycles. The topological polar surface area (TPSA) is 160 Å². The van der Waals surface area contributed by atoms with E-state index in [1.807, 2.05) is 10.6 Å². The summed E-state index contributed by atoms with van der Waals surface area (Å²) in [6, 6.07) is 0. The number of amides is 2. The molecule has 13 heteroatoms. The minimum atomic E-state index is -4.97. The van der Waals surface area contributed by atoms with Crippen LogP contribution in [0.25, 0.3) is 0 Å². The lowest BCUT2D eigenvalue weighted by atomic mass is 10.6. The van der Waals surface area contributed by atoms with Gasteiger partial charge in [0, 0.05) is 0 Å². The molecule has 4 N–H and O–H groups in total. The summed E-state index contributed by atoms with van der Waals surface area (Å²) < 4.78 is 34.8. The minimum absolute atomic E-state index is 0.703. The molecular weight excluding hydrogens is 330 g/mol. The van der Waals surface area contributed by atoms with Crippen LogP contribution in [0.4, 0.5) is 0 Å². The van der Waals surface area contributed by atoms with Crippen LogP contribution < -0.4 is 10.6 Å². The van der Waals surface area contributed by atoms with Crippen LogP contribution >= 0.6 is 15.6 Å². The van der Waals surface area contributed by atoms with E-state index in [-0.39, 0.29) is 0 Å². The predicted octanol–water partition coefficient (Wildman–Crippen LogP) is -0.244. The monoisotopic (exact) mass is 344 g/mol. The Bertz CT molecular complexity index is 462. The van der Waals surface area contributed by atoms with Crippen LogP contribution in [0.3, 0.4) is 0 Å². The first-order valence-electron chi connectivity index (χ1n) is 5.08. The Morgan fingerprint density at radius 3 is 1.57 bits per heavy atom. The van der Waals surface area contributed by atoms with Gasteiger partial charge in [0.2, 0.25) is 11.8 Å². The van der Waals surface area contributed by atoms with E-state index in [4.69, 9.17) is 9.79 Å². The smallest absolute Gasteiger partial charge is 0.329 e. The van der Waals surface area contributed by atoms with E-state index in [1.54, 1.807) is 0 Å². The van der Waals surface area contributed by atoms with E-state index in [0.717, 1.165) is 12.2 Å². The third-order valence-corrected chi connectivity index (χ3v) is 4.09. The second kappa shape index (κ2) is 8.85. The molecule has 0 aromatic carbocycles. The molecule has 0 bridgehead atoms. The molecule has 11 nitrogen and oxygen atoms in total. The predicted molar refractivity (Wildman–Crippen MR) is 69.3 cm³/mol. The SMILES string of the molecule is C=CC(=O)NCOP(=O)(O)OP(=O)(O)OCNC(=O)C=C. The van der Waals surface area contributed by atoms with Crippen molar-refractivity contribution in [3.63, 3.8) is 0 Å². The average Bonchev–Trinajstić information content (AvgIpc) is 2.36. The van der Waals surface area contributed by atoms with Gasteiger partial charge in [-0.1, -0.05) is 13.2 Å². The lowest BCUT2D eigenvalue weighted by Crippen LogP contribution is -2.24. The molecule has 0 fully saturated rings. The third-order valence-electron chi connectivity index (χ3n) is 1.53. The molecule has 2 atom stereocenters. The summed E-state index contributed by atoms with van der Waals surface area (Å²) in [5.41, 5.74) is 0. The molecule has 2 unspecified atom stereocenters. The van der Waals surface area contributed by atoms with Crippen LogP contribution in [0.5, 0.6) is 0 Å². The van der Waals surface area contributed by atoms with Crippen LogP contribution in [-0.4, -0.2) is 35.1 Å². The Kier molecular flexibility index (Phi) is 8.30. The molecule has 0 aliphatic carbocycles. The molecule has 0 aromatic heterocycles. The second-order valence-electron chi connectivity index (χ2n) is 3.06. The first-order chi connectivity index (χ1) is 9.62. The van der Waals surface area contributed by atoms with Gasteiger partial charge in [0.05, 0.1) is 0 Å². The highest BCUT2D eigenvalue weighted by Crippen LogP contribution is 2.60. The summed E-state index contributed by atoms with van der Waals surface area (Å²) >= 11 is 0. The maximum Gasteiger partial charge on any atom is 0.482 e. The molecule has 120 valence electrons. The molecule has 0 saturated heterocycles. The highest BCUT2D eigenvalue weighted by Gasteiger charge is 2.35. The highest BCUT2D eigenvalue weighted by atomic mass is 31.3. The highest BCUT2D eigenvalue weighted by molar-refractivity contribution is 7.61. The van der Waals surface area contributed by atoms with Gasteiger partial charge in [0.1, 0.15) is 13.5 Å². The quantitative estimate of drug-likeness (QED) is 0.238. The summed E-state index contributed by atoms with van der Waals surface area (Å²) in [4.78, 5) is 39.7. The van der Waals surface area contributed by atoms with E-state index in [1.165, 1.54) is 0 Å². The number of carbonyl (C=O) groups excluding carboxylic acids is 2. The fourth-order valence-corrected chi connectivity index (χ4v) is 2.57. The summed E-state index contributed by atoms with van der Waals surface area (Å²) in [5.74, 6) is -1.41. The zero-order valence-corrected chi connectivity index (χ0v) is 12.4. The summed E-state index contributed by atoms with van der Waals surface area (Å²) in [6.07, 6.45) is 1.74. The molecule has 0 heterocycles. The zero-order valence-electron chi connectivity index (χ0n) is 10.6. The number of phosphoric acid groups is 2. The van der Waals surface area contributed by atoms with Crippen molar-refractivity contribution in [1.82, 2.24) is 10.6 Å². The van der Waals surface area contributed by atoms with Gasteiger partial charge in [-0.05, 0) is 12.2 Å². The number of rotatable bonds is 10. The van der Waals surface area contributed by atoms with Crippen LogP contribution in [0.2, 0.25) is 0 Å². The first-order valence-corrected chi connectivity index (χ1v) is 8.07. The molecule has 0 saturated carbocycles. The maximum atomic E-state index is 11.3. The van der Waals surface area contributed by atoms with E-state index in [0.29, 0.717) is 0 Å². The molecule has 21 heavy (non-hydrogen) atoms. The van der Waals surface area contributed by atoms with E-state index < -0.39 is 40.9 Å². The molecule has 2 amide bonds. The van der Waals surface area contributed by atoms with Crippen molar-refractivity contribution in [2.75, 3.05) is 13.5 Å². The Morgan fingerprint density at radius 1 is 0.952 bits per heavy atom. The van der Waals surface area contributed by atoms with E-state index in [2.05, 4.69) is 26.5 Å². The van der Waals surface area contributed by atoms with Crippen molar-refractivity contribution in [2.45, 2.75) is 0 Å². The van der Waals surface area contributed by atoms with Crippen LogP contribution in [-0.2, 0) is 32.1 Å². The van der Waals surface area contributed by atoms with Crippen molar-refractivity contribution < 1.29 is 41.9 Å². The largest absolute Gasteiger partial charge is 0.482 e. The van der Waals surface area contributed by atoms with Gasteiger partial charge in [-0.15, -0.1) is 0 Å². The molecule has 0 aliphatic rings. The molecule has 0 rings (SSSR count). The van der Waals surface area contributed by atoms with Crippen LogP contribution in [0, 0.1) is 0 Å². The molecule has 0 radical (unpaired) electrons. The molecule has 0 spiro atoms. The second-order valence-corrected chi connectivity index (χ2v) is 6.10. The van der Waals surface area contributed by atoms with Gasteiger partial charge < -0.3 is 20.4 Å². The van der Waals surface area contributed by atoms with Crippen molar-refractivity contribution >= 4 is 27.5 Å². The van der Waals surface area contributed by atoms with Crippen molar-refractivity contribution in [3.8, 4) is 0 Å². The van der Waals surface area contributed by atoms with Crippen LogP contribution in [0.15, 0.2) is 25.3 Å². The summed E-state index contributed by atoms with van der Waals surface area (Å²) in [5, 5.41) is 3.94. The number of carbonyl (C=O) groups is 2. The van der Waals surface area contributed by atoms with Gasteiger partial charge in [0.25, 0.3) is 0 Å². The third kappa shape index (κ3) is 10.1. The summed E-state index contributed by atoms with van der Waals surface area (Å²) in [6.45, 7) is 4.68. The zero-order chi connectivity index (χ0) is 16.5. The molecule has 0 aromatic rings. The average molecular weight is 344 g/mol. The first kappa shape index (κ1) is 19.7. The van der Waals surface area contributed by atoms with Gasteiger partial charge in [-0.25, -0.2) is 9.13 Å². The number of phosphoric ester groups is 2. The summed E-state index contributed by atoms with van der Waals surface area (Å²) in [7, 11) is -9.94. The normalized spacial score (nSPS) is 16.1. The Hall–Kier alpha value is -1.32. The van der Waals surface area contributed by atoms with E-state index >= 15 is 0 Å². The van der Waals surface area contributed by atoms with Gasteiger partial charge >= 0.3 is 15.6 Å². The van der Waals surface area contributed by atoms with Crippen molar-refractivity contribution in [3.05, 3.63) is 25.3 Å². The van der Waals surface area contributed by atoms with E-state index in [9.17, 15) is 18.7 Å². The number of hydrogen-bond acceptors (Lipinski definition) is 7.